The van der Waals surface area contributed by atoms with E-state index >= 15 is 0 Å². The topological polar surface area (TPSA) is 251 Å². The van der Waals surface area contributed by atoms with E-state index in [2.05, 4.69) is 30.0 Å². The number of alkyl halides is 1. The predicted octanol–water partition coefficient (Wildman–Crippen LogP) is 4.07. The summed E-state index contributed by atoms with van der Waals surface area (Å²) in [6.07, 6.45) is 9.26. The Labute approximate surface area is 459 Å². The first-order valence-corrected chi connectivity index (χ1v) is 27.6. The molecule has 18 nitrogen and oxygen atoms in total. The number of terminal acetylenes is 1. The Kier molecular flexibility index (Phi) is 30.0. The van der Waals surface area contributed by atoms with Gasteiger partial charge in [0.2, 0.25) is 11.8 Å². The van der Waals surface area contributed by atoms with E-state index in [1.807, 2.05) is 90.9 Å². The molecule has 8 N–H and O–H groups in total. The van der Waals surface area contributed by atoms with Crippen molar-refractivity contribution in [2.45, 2.75) is 206 Å². The summed E-state index contributed by atoms with van der Waals surface area (Å²) >= 11 is 0. The predicted molar refractivity (Wildman–Crippen MR) is 294 cm³/mol. The molecule has 2 amide bonds. The first-order chi connectivity index (χ1) is 36.2. The summed E-state index contributed by atoms with van der Waals surface area (Å²) in [5.74, 6) is -1.88. The molecule has 1 unspecified atom stereocenters. The highest BCUT2D eigenvalue weighted by atomic mass is 19.1. The summed E-state index contributed by atoms with van der Waals surface area (Å²) < 4.78 is 37.3. The van der Waals surface area contributed by atoms with Gasteiger partial charge in [-0.05, 0) is 129 Å². The van der Waals surface area contributed by atoms with Crippen molar-refractivity contribution in [3.05, 3.63) is 41.5 Å². The van der Waals surface area contributed by atoms with Crippen LogP contribution < -0.4 is 5.32 Å². The minimum Gasteiger partial charge on any atom is -0.459 e. The average Bonchev–Trinajstić information content (AvgIpc) is 3.39. The molecular weight excluding hydrogens is 996 g/mol. The number of aliphatic hydroxyl groups excluding tert-OH is 5. The zero-order chi connectivity index (χ0) is 58.5. The van der Waals surface area contributed by atoms with Crippen LogP contribution in [0.25, 0.3) is 5.57 Å². The van der Waals surface area contributed by atoms with E-state index in [0.29, 0.717) is 71.1 Å². The molecule has 0 bridgehead atoms. The Hall–Kier alpha value is -3.62. The molecule has 0 saturated carbocycles. The number of carbonyl (C=O) groups is 3. The fourth-order valence-corrected chi connectivity index (χ4v) is 11.3. The lowest BCUT2D eigenvalue weighted by Crippen LogP contribution is -2.59. The van der Waals surface area contributed by atoms with E-state index in [1.165, 1.54) is 6.92 Å². The molecule has 0 spiro atoms. The smallest absolute Gasteiger partial charge is 0.311 e. The van der Waals surface area contributed by atoms with Crippen molar-refractivity contribution < 1.29 is 73.5 Å². The van der Waals surface area contributed by atoms with Gasteiger partial charge in [-0.15, -0.1) is 12.8 Å². The number of aliphatic hydroxyl groups is 7. The van der Waals surface area contributed by atoms with E-state index in [1.54, 1.807) is 18.7 Å². The zero-order valence-corrected chi connectivity index (χ0v) is 48.5. The Balaban J connectivity index is 0.000000496. The van der Waals surface area contributed by atoms with Crippen LogP contribution in [0.4, 0.5) is 4.39 Å². The number of amides is 2. The molecule has 19 heteroatoms. The second kappa shape index (κ2) is 33.2. The maximum Gasteiger partial charge on any atom is 0.311 e. The summed E-state index contributed by atoms with van der Waals surface area (Å²) in [6, 6.07) is 7.01. The molecule has 77 heavy (non-hydrogen) atoms. The van der Waals surface area contributed by atoms with E-state index < -0.39 is 91.6 Å². The normalized spacial score (nSPS) is 35.1. The molecule has 4 aliphatic rings. The lowest BCUT2D eigenvalue weighted by molar-refractivity contribution is -0.262. The number of nitrogens with zero attached hydrogens (tertiary/aromatic N) is 3. The number of cyclic esters (lactones) is 1. The maximum absolute atomic E-state index is 13.7. The second-order valence-corrected chi connectivity index (χ2v) is 22.6. The molecular formula is C58H99FN4O14. The van der Waals surface area contributed by atoms with E-state index in [9.17, 15) is 44.3 Å². The summed E-state index contributed by atoms with van der Waals surface area (Å²) in [6.45, 7) is 19.5. The van der Waals surface area contributed by atoms with Crippen LogP contribution in [0.2, 0.25) is 0 Å². The van der Waals surface area contributed by atoms with Crippen LogP contribution in [0.1, 0.15) is 132 Å². The zero-order valence-electron chi connectivity index (χ0n) is 48.5. The van der Waals surface area contributed by atoms with Crippen LogP contribution in [0.15, 0.2) is 30.3 Å². The minimum absolute atomic E-state index is 0.0260. The van der Waals surface area contributed by atoms with Gasteiger partial charge in [0.05, 0.1) is 42.0 Å². The number of rotatable bonds is 13. The minimum atomic E-state index is -1.68. The number of nitrogens with one attached hydrogen (secondary N) is 1. The number of carbonyl (C=O) groups excluding carboxylic acids is 3. The number of ether oxygens (including phenoxy) is 4. The van der Waals surface area contributed by atoms with Crippen molar-refractivity contribution in [2.75, 3.05) is 60.7 Å². The van der Waals surface area contributed by atoms with Gasteiger partial charge >= 0.3 is 5.97 Å². The third kappa shape index (κ3) is 21.4. The van der Waals surface area contributed by atoms with Crippen LogP contribution in [-0.2, 0) is 39.8 Å². The van der Waals surface area contributed by atoms with Gasteiger partial charge < -0.3 is 74.7 Å². The fraction of sp³-hybridized carbons (Fsp3) is 0.776. The Morgan fingerprint density at radius 1 is 0.961 bits per heavy atom. The van der Waals surface area contributed by atoms with Gasteiger partial charge in [-0.2, -0.15) is 0 Å². The highest BCUT2D eigenvalue weighted by molar-refractivity contribution is 5.79. The van der Waals surface area contributed by atoms with Crippen LogP contribution in [0, 0.1) is 36.5 Å². The highest BCUT2D eigenvalue weighted by Crippen LogP contribution is 2.36. The van der Waals surface area contributed by atoms with Crippen LogP contribution in [0.3, 0.4) is 0 Å². The van der Waals surface area contributed by atoms with E-state index in [4.69, 9.17) is 29.2 Å². The van der Waals surface area contributed by atoms with Gasteiger partial charge in [0.15, 0.2) is 12.6 Å². The van der Waals surface area contributed by atoms with Crippen LogP contribution in [-0.4, -0.2) is 207 Å². The van der Waals surface area contributed by atoms with Gasteiger partial charge in [-0.1, -0.05) is 58.0 Å². The molecule has 442 valence electrons. The Bertz CT molecular complexity index is 1940. The first kappa shape index (κ1) is 69.5. The lowest BCUT2D eigenvalue weighted by Gasteiger charge is -2.42. The van der Waals surface area contributed by atoms with Crippen molar-refractivity contribution >= 4 is 23.4 Å². The summed E-state index contributed by atoms with van der Waals surface area (Å²) in [4.78, 5) is 43.2. The van der Waals surface area contributed by atoms with Crippen molar-refractivity contribution in [3.63, 3.8) is 0 Å². The molecule has 0 aromatic heterocycles. The molecule has 1 aromatic rings. The van der Waals surface area contributed by atoms with Crippen LogP contribution >= 0.6 is 0 Å². The van der Waals surface area contributed by atoms with E-state index in [-0.39, 0.29) is 48.1 Å². The van der Waals surface area contributed by atoms with E-state index in [0.717, 1.165) is 30.2 Å². The first-order valence-electron chi connectivity index (χ1n) is 27.6. The number of likely N-dealkylation sites (N-methyl/N-ethyl adjacent to an activating group) is 1. The van der Waals surface area contributed by atoms with Gasteiger partial charge in [0, 0.05) is 64.6 Å². The number of esters is 1. The van der Waals surface area contributed by atoms with Crippen LogP contribution in [0.5, 0.6) is 0 Å². The number of benzene rings is 1. The number of hydrogen-bond donors (Lipinski definition) is 8. The molecule has 1 aromatic carbocycles. The van der Waals surface area contributed by atoms with Gasteiger partial charge in [0.25, 0.3) is 0 Å². The lowest BCUT2D eigenvalue weighted by atomic mass is 9.80. The SMILES string of the molecule is C#C.CC[C@H]1OC(=O)[C@H](C)[C@@H](O[C@H]2C[C@H](C)[C@@H](O)[C@H](C)O2)[C@H](C)C[C@](C)(O)C[C@@H](C)CN(C)[C@H](C)[C@@H](O)[C@]1(C)O.CO.C[C@@H]1C[C@H](N(C)CCC(=O)NC(CF)Cc2ccc(C3=CCN(C(=O)CO)CC3)cc2)C[C@H](O)O1. The largest absolute Gasteiger partial charge is 0.459 e. The molecule has 5 rings (SSSR count). The highest BCUT2D eigenvalue weighted by Gasteiger charge is 2.47. The van der Waals surface area contributed by atoms with Crippen molar-refractivity contribution in [3.8, 4) is 12.8 Å². The standard InChI is InChI=1S/C29H55NO8.C26H38FN3O5.C2H2.CH4O/c1-11-22-29(9,35)26(32)20(6)30(10)15-16(2)13-28(8,34)14-18(4)25(19(5)27(33)37-22)38-23-12-17(3)24(31)21(7)36-23;1-18-13-23(15-26(34)35-18)29(2)10-9-24(32)28-22(16-27)14-19-3-5-20(6-4-19)21-7-11-30(12-8-21)25(33)17-31;2*1-2/h16-26,31-32,34-35H,11-15H2,1-10H3;3-7,18,22-23,26,31,34H,8-17H2,1-2H3,(H,28,32);1-2H;2H,1H3/t16-,17+,18-,19-,20-,21+,22-,23+,24-,25+,26-,28-,29-;18-,22?,23+,26-;;/m11../s1. The monoisotopic (exact) mass is 1090 g/mol. The van der Waals surface area contributed by atoms with Crippen molar-refractivity contribution in [2.24, 2.45) is 23.7 Å². The summed E-state index contributed by atoms with van der Waals surface area (Å²) in [7, 11) is 4.82. The third-order valence-corrected chi connectivity index (χ3v) is 15.7. The number of halogens is 1. The fourth-order valence-electron chi connectivity index (χ4n) is 11.3. The van der Waals surface area contributed by atoms with Gasteiger partial charge in [0.1, 0.15) is 31.1 Å². The summed E-state index contributed by atoms with van der Waals surface area (Å²) in [5, 5.41) is 72.9. The molecule has 0 aliphatic carbocycles. The molecule has 3 saturated heterocycles. The Morgan fingerprint density at radius 2 is 1.60 bits per heavy atom. The number of hydrogen-bond acceptors (Lipinski definition) is 16. The molecule has 4 heterocycles. The molecule has 17 atom stereocenters. The molecule has 3 fully saturated rings. The molecule has 0 radical (unpaired) electrons. The quantitative estimate of drug-likeness (QED) is 0.102. The van der Waals surface area contributed by atoms with Gasteiger partial charge in [-0.25, -0.2) is 4.39 Å². The van der Waals surface area contributed by atoms with Crippen molar-refractivity contribution in [1.82, 2.24) is 20.0 Å². The van der Waals surface area contributed by atoms with Crippen molar-refractivity contribution in [1.29, 1.82) is 0 Å². The maximum atomic E-state index is 13.7. The molecule has 4 aliphatic heterocycles. The Morgan fingerprint density at radius 3 is 2.14 bits per heavy atom. The summed E-state index contributed by atoms with van der Waals surface area (Å²) in [5.41, 5.74) is 0.440. The van der Waals surface area contributed by atoms with Gasteiger partial charge in [-0.3, -0.25) is 14.4 Å². The second-order valence-electron chi connectivity index (χ2n) is 22.6. The third-order valence-electron chi connectivity index (χ3n) is 15.7. The average molecular weight is 1100 g/mol.